The number of hydrogen-bond acceptors (Lipinski definition) is 8. The van der Waals surface area contributed by atoms with Crippen LogP contribution in [0.15, 0.2) is 48.8 Å². The number of hydrogen-bond donors (Lipinski definition) is 3. The Kier molecular flexibility index (Phi) is 5.09. The number of amides is 1. The van der Waals surface area contributed by atoms with Gasteiger partial charge in [-0.05, 0) is 30.7 Å². The van der Waals surface area contributed by atoms with E-state index in [1.54, 1.807) is 24.0 Å². The van der Waals surface area contributed by atoms with Crippen molar-refractivity contribution in [3.63, 3.8) is 0 Å². The van der Waals surface area contributed by atoms with Gasteiger partial charge in [0.15, 0.2) is 17.3 Å². The molecular weight excluding hydrogens is 420 g/mol. The maximum atomic E-state index is 12.5. The molecule has 4 heterocycles. The van der Waals surface area contributed by atoms with E-state index in [1.165, 1.54) is 0 Å². The molecule has 0 spiro atoms. The molecule has 4 aromatic rings. The SMILES string of the molecule is CNC(=O)c1nnc(Nc2ccc(C)cn2)cc1Nc1cccc2c1OCc1cn(C)nc1-2. The summed E-state index contributed by atoms with van der Waals surface area (Å²) >= 11 is 0. The Bertz CT molecular complexity index is 1350. The monoisotopic (exact) mass is 442 g/mol. The smallest absolute Gasteiger partial charge is 0.273 e. The maximum absolute atomic E-state index is 12.5. The number of carbonyl (C=O) groups excluding carboxylic acids is 1. The standard InChI is InChI=1S/C23H22N8O2/c1-13-7-8-18(25-10-13)27-19-9-17(21(29-28-19)23(32)24-2)26-16-6-4-5-15-20-14(11-31(3)30-20)12-33-22(15)16/h4-11H,12H2,1-3H3,(H,24,32)(H2,25,26,27,28). The predicted octanol–water partition coefficient (Wildman–Crippen LogP) is 3.32. The van der Waals surface area contributed by atoms with Crippen LogP contribution in [0.2, 0.25) is 0 Å². The molecule has 0 aliphatic carbocycles. The summed E-state index contributed by atoms with van der Waals surface area (Å²) in [6, 6.07) is 11.3. The van der Waals surface area contributed by atoms with Gasteiger partial charge in [0.2, 0.25) is 0 Å². The normalized spacial score (nSPS) is 11.7. The second-order valence-electron chi connectivity index (χ2n) is 7.69. The second-order valence-corrected chi connectivity index (χ2v) is 7.69. The van der Waals surface area contributed by atoms with Crippen molar-refractivity contribution in [2.45, 2.75) is 13.5 Å². The number of aryl methyl sites for hydroxylation is 2. The molecule has 0 bridgehead atoms. The molecule has 1 aliphatic heterocycles. The van der Waals surface area contributed by atoms with Crippen molar-refractivity contribution in [3.8, 4) is 17.0 Å². The summed E-state index contributed by atoms with van der Waals surface area (Å²) in [6.45, 7) is 2.38. The molecule has 0 fully saturated rings. The summed E-state index contributed by atoms with van der Waals surface area (Å²) in [7, 11) is 3.43. The molecule has 0 radical (unpaired) electrons. The van der Waals surface area contributed by atoms with E-state index in [1.807, 2.05) is 50.5 Å². The number of para-hydroxylation sites is 1. The van der Waals surface area contributed by atoms with Crippen molar-refractivity contribution in [3.05, 3.63) is 65.6 Å². The van der Waals surface area contributed by atoms with E-state index in [0.29, 0.717) is 35.4 Å². The summed E-state index contributed by atoms with van der Waals surface area (Å²) in [5, 5.41) is 21.9. The van der Waals surface area contributed by atoms with Crippen LogP contribution in [0.5, 0.6) is 5.75 Å². The van der Waals surface area contributed by atoms with Crippen LogP contribution in [0.3, 0.4) is 0 Å². The first-order chi connectivity index (χ1) is 16.0. The van der Waals surface area contributed by atoms with Crippen LogP contribution in [-0.2, 0) is 13.7 Å². The lowest BCUT2D eigenvalue weighted by atomic mass is 10.0. The van der Waals surface area contributed by atoms with E-state index in [0.717, 1.165) is 22.4 Å². The average Bonchev–Trinajstić information content (AvgIpc) is 3.21. The summed E-state index contributed by atoms with van der Waals surface area (Å²) in [4.78, 5) is 16.8. The van der Waals surface area contributed by atoms with Gasteiger partial charge < -0.3 is 20.7 Å². The van der Waals surface area contributed by atoms with Crippen molar-refractivity contribution in [2.24, 2.45) is 7.05 Å². The van der Waals surface area contributed by atoms with Gasteiger partial charge in [-0.2, -0.15) is 5.10 Å². The van der Waals surface area contributed by atoms with E-state index in [4.69, 9.17) is 4.74 Å². The molecule has 1 aliphatic rings. The number of benzene rings is 1. The minimum Gasteiger partial charge on any atom is -0.486 e. The fourth-order valence-corrected chi connectivity index (χ4v) is 3.65. The van der Waals surface area contributed by atoms with Crippen LogP contribution in [0, 0.1) is 6.92 Å². The van der Waals surface area contributed by atoms with Gasteiger partial charge in [0, 0.05) is 43.7 Å². The minimum atomic E-state index is -0.359. The largest absolute Gasteiger partial charge is 0.486 e. The van der Waals surface area contributed by atoms with E-state index < -0.39 is 0 Å². The third kappa shape index (κ3) is 3.93. The highest BCUT2D eigenvalue weighted by atomic mass is 16.5. The first-order valence-electron chi connectivity index (χ1n) is 10.4. The Morgan fingerprint density at radius 2 is 1.97 bits per heavy atom. The van der Waals surface area contributed by atoms with E-state index in [9.17, 15) is 4.79 Å². The quantitative estimate of drug-likeness (QED) is 0.431. The van der Waals surface area contributed by atoms with E-state index in [2.05, 4.69) is 36.2 Å². The zero-order chi connectivity index (χ0) is 22.9. The molecule has 10 nitrogen and oxygen atoms in total. The molecule has 0 saturated heterocycles. The Balaban J connectivity index is 1.52. The van der Waals surface area contributed by atoms with Crippen LogP contribution in [0.4, 0.5) is 23.0 Å². The number of pyridine rings is 1. The molecule has 3 aromatic heterocycles. The molecule has 1 amide bonds. The fourth-order valence-electron chi connectivity index (χ4n) is 3.65. The fraction of sp³-hybridized carbons (Fsp3) is 0.174. The van der Waals surface area contributed by atoms with Crippen LogP contribution >= 0.6 is 0 Å². The van der Waals surface area contributed by atoms with Crippen molar-refractivity contribution >= 4 is 28.9 Å². The zero-order valence-electron chi connectivity index (χ0n) is 18.4. The summed E-state index contributed by atoms with van der Waals surface area (Å²) in [6.07, 6.45) is 3.71. The third-order valence-corrected chi connectivity index (χ3v) is 5.22. The lowest BCUT2D eigenvalue weighted by Gasteiger charge is -2.21. The van der Waals surface area contributed by atoms with Gasteiger partial charge in [-0.1, -0.05) is 12.1 Å². The molecule has 0 atom stereocenters. The highest BCUT2D eigenvalue weighted by molar-refractivity contribution is 5.99. The minimum absolute atomic E-state index is 0.159. The van der Waals surface area contributed by atoms with Gasteiger partial charge in [-0.25, -0.2) is 4.98 Å². The molecule has 1 aromatic carbocycles. The second kappa shape index (κ2) is 8.23. The molecule has 3 N–H and O–H groups in total. The van der Waals surface area contributed by atoms with Gasteiger partial charge in [0.25, 0.3) is 5.91 Å². The van der Waals surface area contributed by atoms with E-state index in [-0.39, 0.29) is 11.6 Å². The number of rotatable bonds is 5. The van der Waals surface area contributed by atoms with Crippen LogP contribution < -0.4 is 20.7 Å². The average molecular weight is 442 g/mol. The summed E-state index contributed by atoms with van der Waals surface area (Å²) < 4.78 is 7.83. The lowest BCUT2D eigenvalue weighted by Crippen LogP contribution is -2.21. The van der Waals surface area contributed by atoms with Gasteiger partial charge >= 0.3 is 0 Å². The molecule has 166 valence electrons. The van der Waals surface area contributed by atoms with Crippen molar-refractivity contribution in [1.29, 1.82) is 0 Å². The lowest BCUT2D eigenvalue weighted by molar-refractivity contribution is 0.0958. The van der Waals surface area contributed by atoms with Gasteiger partial charge in [-0.3, -0.25) is 9.48 Å². The Morgan fingerprint density at radius 3 is 2.76 bits per heavy atom. The summed E-state index contributed by atoms with van der Waals surface area (Å²) in [5.41, 5.74) is 5.17. The Hall–Kier alpha value is -4.47. The number of carbonyl (C=O) groups is 1. The van der Waals surface area contributed by atoms with Crippen molar-refractivity contribution in [2.75, 3.05) is 17.7 Å². The maximum Gasteiger partial charge on any atom is 0.273 e. The van der Waals surface area contributed by atoms with Crippen LogP contribution in [0.1, 0.15) is 21.6 Å². The molecule has 5 rings (SSSR count). The number of ether oxygens (including phenoxy) is 1. The first kappa shape index (κ1) is 20.4. The van der Waals surface area contributed by atoms with Crippen molar-refractivity contribution in [1.82, 2.24) is 30.3 Å². The van der Waals surface area contributed by atoms with Gasteiger partial charge in [-0.15, -0.1) is 10.2 Å². The van der Waals surface area contributed by atoms with Crippen LogP contribution in [-0.4, -0.2) is 37.9 Å². The number of nitrogens with zero attached hydrogens (tertiary/aromatic N) is 5. The number of nitrogens with one attached hydrogen (secondary N) is 3. The van der Waals surface area contributed by atoms with E-state index >= 15 is 0 Å². The van der Waals surface area contributed by atoms with Crippen molar-refractivity contribution < 1.29 is 9.53 Å². The number of aromatic nitrogens is 5. The Morgan fingerprint density at radius 1 is 1.09 bits per heavy atom. The number of fused-ring (bicyclic) bond motifs is 3. The number of anilines is 4. The molecule has 0 unspecified atom stereocenters. The molecule has 10 heteroatoms. The molecule has 33 heavy (non-hydrogen) atoms. The van der Waals surface area contributed by atoms with Gasteiger partial charge in [0.05, 0.1) is 11.4 Å². The molecule has 0 saturated carbocycles. The highest BCUT2D eigenvalue weighted by Gasteiger charge is 2.24. The Labute approximate surface area is 190 Å². The van der Waals surface area contributed by atoms with Gasteiger partial charge in [0.1, 0.15) is 18.1 Å². The highest BCUT2D eigenvalue weighted by Crippen LogP contribution is 2.42. The predicted molar refractivity (Wildman–Crippen MR) is 124 cm³/mol. The summed E-state index contributed by atoms with van der Waals surface area (Å²) in [5.74, 6) is 1.37. The third-order valence-electron chi connectivity index (χ3n) is 5.22. The zero-order valence-corrected chi connectivity index (χ0v) is 18.4. The molecular formula is C23H22N8O2. The van der Waals surface area contributed by atoms with Crippen LogP contribution in [0.25, 0.3) is 11.3 Å². The topological polar surface area (TPSA) is 119 Å². The first-order valence-corrected chi connectivity index (χ1v) is 10.4.